The van der Waals surface area contributed by atoms with E-state index in [4.69, 9.17) is 9.47 Å². The molecule has 0 bridgehead atoms. The van der Waals surface area contributed by atoms with E-state index in [9.17, 15) is 4.79 Å². The summed E-state index contributed by atoms with van der Waals surface area (Å²) in [6.45, 7) is 8.04. The highest BCUT2D eigenvalue weighted by Gasteiger charge is 2.42. The zero-order valence-corrected chi connectivity index (χ0v) is 10.8. The van der Waals surface area contributed by atoms with Crippen molar-refractivity contribution in [2.45, 2.75) is 39.2 Å². The molecule has 4 nitrogen and oxygen atoms in total. The predicted molar refractivity (Wildman–Crippen MR) is 62.4 cm³/mol. The summed E-state index contributed by atoms with van der Waals surface area (Å²) < 4.78 is 10.0. The van der Waals surface area contributed by atoms with Crippen molar-refractivity contribution < 1.29 is 14.3 Å². The first kappa shape index (κ1) is 13.3. The number of methoxy groups -OCH3 is 1. The van der Waals surface area contributed by atoms with Crippen LogP contribution in [0.4, 0.5) is 4.79 Å². The molecule has 0 aromatic rings. The number of hydrogen-bond donors (Lipinski definition) is 0. The van der Waals surface area contributed by atoms with E-state index in [2.05, 4.69) is 20.8 Å². The van der Waals surface area contributed by atoms with Crippen LogP contribution in [-0.4, -0.2) is 43.4 Å². The van der Waals surface area contributed by atoms with Gasteiger partial charge in [0.2, 0.25) is 0 Å². The molecule has 16 heavy (non-hydrogen) atoms. The molecule has 1 amide bonds. The Morgan fingerprint density at radius 3 is 2.69 bits per heavy atom. The number of ether oxygens (including phenoxy) is 2. The van der Waals surface area contributed by atoms with Crippen molar-refractivity contribution in [3.8, 4) is 0 Å². The zero-order chi connectivity index (χ0) is 12.2. The van der Waals surface area contributed by atoms with Gasteiger partial charge in [0.1, 0.15) is 6.61 Å². The Morgan fingerprint density at radius 1 is 1.44 bits per heavy atom. The highest BCUT2D eigenvalue weighted by atomic mass is 16.6. The van der Waals surface area contributed by atoms with Gasteiger partial charge in [0, 0.05) is 19.2 Å². The van der Waals surface area contributed by atoms with Crippen molar-refractivity contribution >= 4 is 6.09 Å². The second-order valence-corrected chi connectivity index (χ2v) is 4.87. The third-order valence-corrected chi connectivity index (χ3v) is 3.66. The van der Waals surface area contributed by atoms with Crippen LogP contribution >= 0.6 is 0 Å². The number of hydrogen-bond acceptors (Lipinski definition) is 3. The maximum atomic E-state index is 11.9. The first-order valence-electron chi connectivity index (χ1n) is 5.95. The lowest BCUT2D eigenvalue weighted by molar-refractivity contribution is 0.0420. The van der Waals surface area contributed by atoms with Crippen LogP contribution in [0.15, 0.2) is 0 Å². The molecule has 1 saturated heterocycles. The van der Waals surface area contributed by atoms with E-state index >= 15 is 0 Å². The van der Waals surface area contributed by atoms with Crippen LogP contribution in [0.2, 0.25) is 0 Å². The summed E-state index contributed by atoms with van der Waals surface area (Å²) in [5.41, 5.74) is -0.0514. The topological polar surface area (TPSA) is 38.8 Å². The molecule has 0 aliphatic carbocycles. The molecule has 0 saturated carbocycles. The fourth-order valence-corrected chi connectivity index (χ4v) is 2.18. The zero-order valence-electron chi connectivity index (χ0n) is 10.8. The van der Waals surface area contributed by atoms with E-state index in [1.54, 1.807) is 7.11 Å². The molecule has 1 fully saturated rings. The Labute approximate surface area is 97.9 Å². The molecule has 1 heterocycles. The van der Waals surface area contributed by atoms with Crippen LogP contribution in [0.25, 0.3) is 0 Å². The van der Waals surface area contributed by atoms with Gasteiger partial charge in [-0.15, -0.1) is 0 Å². The molecule has 0 unspecified atom stereocenters. The normalized spacial score (nSPS) is 25.2. The van der Waals surface area contributed by atoms with Crippen LogP contribution < -0.4 is 0 Å². The van der Waals surface area contributed by atoms with Crippen LogP contribution in [-0.2, 0) is 9.47 Å². The summed E-state index contributed by atoms with van der Waals surface area (Å²) in [7, 11) is 1.60. The molecule has 1 aliphatic rings. The van der Waals surface area contributed by atoms with Gasteiger partial charge in [0.25, 0.3) is 0 Å². The largest absolute Gasteiger partial charge is 0.447 e. The van der Waals surface area contributed by atoms with Gasteiger partial charge in [-0.25, -0.2) is 4.79 Å². The quantitative estimate of drug-likeness (QED) is 0.694. The highest BCUT2D eigenvalue weighted by molar-refractivity contribution is 5.69. The van der Waals surface area contributed by atoms with E-state index in [0.717, 1.165) is 19.4 Å². The lowest BCUT2D eigenvalue weighted by atomic mass is 9.86. The highest BCUT2D eigenvalue weighted by Crippen LogP contribution is 2.35. The van der Waals surface area contributed by atoms with Gasteiger partial charge >= 0.3 is 6.09 Å². The number of carbonyl (C=O) groups excluding carboxylic acids is 1. The summed E-state index contributed by atoms with van der Waals surface area (Å²) in [6.07, 6.45) is 1.92. The lowest BCUT2D eigenvalue weighted by Crippen LogP contribution is -2.49. The van der Waals surface area contributed by atoms with Gasteiger partial charge < -0.3 is 14.4 Å². The van der Waals surface area contributed by atoms with Crippen LogP contribution in [0, 0.1) is 5.92 Å². The van der Waals surface area contributed by atoms with Crippen molar-refractivity contribution in [2.24, 2.45) is 5.92 Å². The standard InChI is InChI=1S/C12H23NO3/c1-10(2)12(3)6-5-7-13(12)11(14)16-9-8-15-4/h10H,5-9H2,1-4H3/t12-/m0/s1. The van der Waals surface area contributed by atoms with E-state index in [1.165, 1.54) is 0 Å². The molecule has 0 aromatic heterocycles. The van der Waals surface area contributed by atoms with Crippen molar-refractivity contribution in [1.29, 1.82) is 0 Å². The molecular weight excluding hydrogens is 206 g/mol. The summed E-state index contributed by atoms with van der Waals surface area (Å²) in [5.74, 6) is 0.449. The third-order valence-electron chi connectivity index (χ3n) is 3.66. The summed E-state index contributed by atoms with van der Waals surface area (Å²) in [5, 5.41) is 0. The van der Waals surface area contributed by atoms with Crippen molar-refractivity contribution in [3.05, 3.63) is 0 Å². The average Bonchev–Trinajstić information content (AvgIpc) is 2.62. The minimum atomic E-state index is -0.203. The number of amides is 1. The minimum absolute atomic E-state index is 0.0514. The van der Waals surface area contributed by atoms with E-state index in [0.29, 0.717) is 19.1 Å². The first-order valence-corrected chi connectivity index (χ1v) is 5.95. The second kappa shape index (κ2) is 5.53. The third kappa shape index (κ3) is 2.67. The molecule has 94 valence electrons. The van der Waals surface area contributed by atoms with Crippen LogP contribution in [0.5, 0.6) is 0 Å². The number of likely N-dealkylation sites (tertiary alicyclic amines) is 1. The summed E-state index contributed by atoms with van der Waals surface area (Å²) in [6, 6.07) is 0. The monoisotopic (exact) mass is 229 g/mol. The minimum Gasteiger partial charge on any atom is -0.447 e. The Hall–Kier alpha value is -0.770. The maximum absolute atomic E-state index is 11.9. The van der Waals surface area contributed by atoms with Gasteiger partial charge in [-0.05, 0) is 25.7 Å². The fraction of sp³-hybridized carbons (Fsp3) is 0.917. The van der Waals surface area contributed by atoms with Crippen LogP contribution in [0.1, 0.15) is 33.6 Å². The Bertz CT molecular complexity index is 242. The Kier molecular flexibility index (Phi) is 4.59. The number of carbonyl (C=O) groups is 1. The van der Waals surface area contributed by atoms with Crippen molar-refractivity contribution in [2.75, 3.05) is 26.9 Å². The molecular formula is C12H23NO3. The Morgan fingerprint density at radius 2 is 2.12 bits per heavy atom. The fourth-order valence-electron chi connectivity index (χ4n) is 2.18. The number of rotatable bonds is 4. The maximum Gasteiger partial charge on any atom is 0.410 e. The predicted octanol–water partition coefficient (Wildman–Crippen LogP) is 2.28. The first-order chi connectivity index (χ1) is 7.52. The molecule has 4 heteroatoms. The lowest BCUT2D eigenvalue weighted by Gasteiger charge is -2.38. The molecule has 0 spiro atoms. The van der Waals surface area contributed by atoms with Gasteiger partial charge in [0.15, 0.2) is 0 Å². The second-order valence-electron chi connectivity index (χ2n) is 4.87. The molecule has 1 rings (SSSR count). The summed E-state index contributed by atoms with van der Waals surface area (Å²) in [4.78, 5) is 13.8. The smallest absolute Gasteiger partial charge is 0.410 e. The molecule has 1 aliphatic heterocycles. The van der Waals surface area contributed by atoms with E-state index < -0.39 is 0 Å². The molecule has 0 aromatic carbocycles. The van der Waals surface area contributed by atoms with Gasteiger partial charge in [-0.2, -0.15) is 0 Å². The van der Waals surface area contributed by atoms with E-state index in [1.807, 2.05) is 4.90 Å². The van der Waals surface area contributed by atoms with Crippen molar-refractivity contribution in [1.82, 2.24) is 4.90 Å². The molecule has 0 N–H and O–H groups in total. The van der Waals surface area contributed by atoms with Crippen molar-refractivity contribution in [3.63, 3.8) is 0 Å². The van der Waals surface area contributed by atoms with Gasteiger partial charge in [-0.1, -0.05) is 13.8 Å². The van der Waals surface area contributed by atoms with Gasteiger partial charge in [0.05, 0.1) is 6.61 Å². The molecule has 0 radical (unpaired) electrons. The van der Waals surface area contributed by atoms with Crippen LogP contribution in [0.3, 0.4) is 0 Å². The number of nitrogens with zero attached hydrogens (tertiary/aromatic N) is 1. The molecule has 1 atom stereocenters. The van der Waals surface area contributed by atoms with E-state index in [-0.39, 0.29) is 11.6 Å². The SMILES string of the molecule is COCCOC(=O)N1CCC[C@@]1(C)C(C)C. The average molecular weight is 229 g/mol. The Balaban J connectivity index is 2.54. The van der Waals surface area contributed by atoms with Gasteiger partial charge in [-0.3, -0.25) is 0 Å². The summed E-state index contributed by atoms with van der Waals surface area (Å²) >= 11 is 0.